The van der Waals surface area contributed by atoms with Crippen LogP contribution in [-0.2, 0) is 12.4 Å². The monoisotopic (exact) mass is 637 g/mol. The predicted molar refractivity (Wildman–Crippen MR) is 115 cm³/mol. The van der Waals surface area contributed by atoms with E-state index in [9.17, 15) is 52.7 Å². The number of aromatic nitrogens is 4. The molecule has 3 unspecified atom stereocenters. The zero-order valence-electron chi connectivity index (χ0n) is 19.9. The van der Waals surface area contributed by atoms with Gasteiger partial charge in [-0.05, 0) is 32.1 Å². The van der Waals surface area contributed by atoms with Crippen LogP contribution in [0.1, 0.15) is 41.9 Å². The summed E-state index contributed by atoms with van der Waals surface area (Å²) < 4.78 is 164. The molecule has 0 bridgehead atoms. The first kappa shape index (κ1) is 31.8. The molecule has 0 fully saturated rings. The molecule has 0 saturated heterocycles. The first-order valence-corrected chi connectivity index (χ1v) is 11.3. The van der Waals surface area contributed by atoms with Crippen LogP contribution >= 0.6 is 23.2 Å². The van der Waals surface area contributed by atoms with Gasteiger partial charge in [0.1, 0.15) is 16.2 Å². The second kappa shape index (κ2) is 10.3. The van der Waals surface area contributed by atoms with E-state index in [2.05, 4.69) is 15.3 Å². The Labute approximate surface area is 226 Å². The second-order valence-corrected chi connectivity index (χ2v) is 9.46. The van der Waals surface area contributed by atoms with Crippen molar-refractivity contribution >= 4 is 28.9 Å². The van der Waals surface area contributed by atoms with Crippen LogP contribution in [0.15, 0.2) is 39.1 Å². The molecule has 0 saturated carbocycles. The van der Waals surface area contributed by atoms with Crippen LogP contribution in [0.4, 0.5) is 52.7 Å². The Morgan fingerprint density at radius 1 is 0.775 bits per heavy atom. The van der Waals surface area contributed by atoms with Crippen LogP contribution < -0.4 is 5.01 Å². The second-order valence-electron chi connectivity index (χ2n) is 8.45. The average Bonchev–Trinajstić information content (AvgIpc) is 3.41. The molecule has 0 aliphatic carbocycles. The van der Waals surface area contributed by atoms with Crippen molar-refractivity contribution in [3.8, 4) is 0 Å². The quantitative estimate of drug-likeness (QED) is 0.384. The molecule has 3 heterocycles. The van der Waals surface area contributed by atoms with E-state index in [1.54, 1.807) is 0 Å². The Morgan fingerprint density at radius 2 is 1.23 bits per heavy atom. The van der Waals surface area contributed by atoms with Gasteiger partial charge in [-0.25, -0.2) is 4.68 Å². The molecule has 3 rings (SSSR count). The van der Waals surface area contributed by atoms with Crippen LogP contribution in [0.5, 0.6) is 0 Å². The van der Waals surface area contributed by atoms with E-state index in [0.29, 0.717) is 16.8 Å². The number of nitrogens with zero attached hydrogens (tertiary/aromatic N) is 5. The van der Waals surface area contributed by atoms with Crippen LogP contribution in [0.2, 0.25) is 0 Å². The predicted octanol–water partition coefficient (Wildman–Crippen LogP) is 6.45. The summed E-state index contributed by atoms with van der Waals surface area (Å²) in [5.41, 5.74) is -8.36. The summed E-state index contributed by atoms with van der Waals surface area (Å²) in [6, 6.07) is -1.35. The molecule has 2 aromatic rings. The van der Waals surface area contributed by atoms with Crippen LogP contribution in [0.25, 0.3) is 0 Å². The summed E-state index contributed by atoms with van der Waals surface area (Å²) in [6.45, 7) is 2.58. The van der Waals surface area contributed by atoms with Gasteiger partial charge in [-0.1, -0.05) is 28.3 Å². The highest BCUT2D eigenvalue weighted by Gasteiger charge is 2.58. The van der Waals surface area contributed by atoms with Crippen molar-refractivity contribution < 1.29 is 57.7 Å². The number of nitrogens with one attached hydrogen (secondary N) is 1. The van der Waals surface area contributed by atoms with Crippen LogP contribution in [0.3, 0.4) is 0 Å². The van der Waals surface area contributed by atoms with E-state index >= 15 is 0 Å². The zero-order valence-corrected chi connectivity index (χ0v) is 21.4. The molecule has 1 N–H and O–H groups in total. The Bertz CT molecular complexity index is 1370. The van der Waals surface area contributed by atoms with Gasteiger partial charge in [0.15, 0.2) is 11.4 Å². The van der Waals surface area contributed by atoms with Gasteiger partial charge in [0, 0.05) is 18.3 Å². The largest absolute Gasteiger partial charge is 0.467 e. The van der Waals surface area contributed by atoms with Crippen molar-refractivity contribution in [2.45, 2.75) is 57.7 Å². The number of aryl methyl sites for hydroxylation is 2. The van der Waals surface area contributed by atoms with Gasteiger partial charge in [-0.2, -0.15) is 67.9 Å². The highest BCUT2D eigenvalue weighted by Crippen LogP contribution is 2.39. The molecule has 0 radical (unpaired) electrons. The Morgan fingerprint density at radius 3 is 1.60 bits per heavy atom. The van der Waals surface area contributed by atoms with Crippen LogP contribution in [0, 0.1) is 13.8 Å². The van der Waals surface area contributed by atoms with Gasteiger partial charge in [0.05, 0.1) is 5.57 Å². The molecule has 1 aliphatic rings. The fraction of sp³-hybridized carbons (Fsp3) is 0.450. The summed E-state index contributed by atoms with van der Waals surface area (Å²) in [7, 11) is 0. The highest BCUT2D eigenvalue weighted by molar-refractivity contribution is 6.55. The molecule has 6 nitrogen and oxygen atoms in total. The van der Waals surface area contributed by atoms with Crippen molar-refractivity contribution in [1.29, 1.82) is 0 Å². The van der Waals surface area contributed by atoms with E-state index in [1.165, 1.54) is 0 Å². The Balaban J connectivity index is 2.33. The maximum Gasteiger partial charge on any atom is 0.467 e. The number of quaternary nitrogens is 1. The number of hydrogen-bond acceptors (Lipinski definition) is 3. The molecule has 0 spiro atoms. The summed E-state index contributed by atoms with van der Waals surface area (Å²) in [6.07, 6.45) is -23.9. The lowest BCUT2D eigenvalue weighted by Crippen LogP contribution is -3.07. The Kier molecular flexibility index (Phi) is 8.17. The number of allylic oxidation sites excluding steroid dienone is 3. The standard InChI is InChI=1S/C20H14Cl2F12N6/c1-7-4-11(17(23,24)25)35-38(7)10(6-13(21)22)14-9(3)40(37-15(14)19(29,30)31)16(20(32,33)34)39-8(2)5-12(36-39)18(26,27)28/h4-6,10,16H,1-3H3/p+1. The minimum absolute atomic E-state index is 0.178. The molecular weight excluding hydrogens is 623 g/mol. The molecule has 3 atom stereocenters. The van der Waals surface area contributed by atoms with Crippen molar-refractivity contribution in [1.82, 2.24) is 19.6 Å². The van der Waals surface area contributed by atoms with E-state index in [1.807, 2.05) is 0 Å². The van der Waals surface area contributed by atoms with E-state index in [0.717, 1.165) is 20.8 Å². The maximum atomic E-state index is 14.3. The number of rotatable bonds is 5. The Hall–Kier alpha value is -2.73. The summed E-state index contributed by atoms with van der Waals surface area (Å²) in [5, 5.41) is 7.87. The SMILES string of the molecule is CC1=C(C(C=C(Cl)Cl)n2nc(C(F)(F)F)cc2C)C(C(F)(F)F)=N[NH+]1C(n1nc(C(F)(F)F)cc1C)C(F)(F)F. The van der Waals surface area contributed by atoms with Gasteiger partial charge >= 0.3 is 30.9 Å². The van der Waals surface area contributed by atoms with Crippen molar-refractivity contribution in [3.05, 3.63) is 56.7 Å². The summed E-state index contributed by atoms with van der Waals surface area (Å²) in [5.74, 6) is 0. The third kappa shape index (κ3) is 6.27. The molecule has 0 amide bonds. The van der Waals surface area contributed by atoms with E-state index < -0.39 is 80.5 Å². The van der Waals surface area contributed by atoms with Crippen molar-refractivity contribution in [3.63, 3.8) is 0 Å². The lowest BCUT2D eigenvalue weighted by Gasteiger charge is -2.25. The van der Waals surface area contributed by atoms with Gasteiger partial charge in [-0.15, -0.1) is 0 Å². The number of alkyl halides is 12. The van der Waals surface area contributed by atoms with Gasteiger partial charge in [0.2, 0.25) is 5.71 Å². The zero-order chi connectivity index (χ0) is 30.7. The number of hydrogen-bond donors (Lipinski definition) is 1. The first-order chi connectivity index (χ1) is 17.9. The molecule has 0 aromatic carbocycles. The van der Waals surface area contributed by atoms with E-state index in [-0.39, 0.29) is 16.4 Å². The average molecular weight is 638 g/mol. The molecular formula is C20H15Cl2F12N6+. The molecule has 1 aliphatic heterocycles. The normalized spacial score (nSPS) is 18.7. The minimum atomic E-state index is -5.54. The summed E-state index contributed by atoms with van der Waals surface area (Å²) >= 11 is 11.2. The lowest BCUT2D eigenvalue weighted by atomic mass is 9.99. The van der Waals surface area contributed by atoms with Crippen LogP contribution in [-0.4, -0.2) is 37.6 Å². The van der Waals surface area contributed by atoms with Gasteiger partial charge in [-0.3, -0.25) is 4.68 Å². The third-order valence-electron chi connectivity index (χ3n) is 5.63. The minimum Gasteiger partial charge on any atom is -0.258 e. The van der Waals surface area contributed by atoms with Gasteiger partial charge in [0.25, 0.3) is 0 Å². The van der Waals surface area contributed by atoms with E-state index in [4.69, 9.17) is 23.2 Å². The topological polar surface area (TPSA) is 52.4 Å². The third-order valence-corrected chi connectivity index (χ3v) is 5.88. The molecule has 222 valence electrons. The van der Waals surface area contributed by atoms with Gasteiger partial charge < -0.3 is 0 Å². The molecule has 2 aromatic heterocycles. The number of halogens is 14. The first-order valence-electron chi connectivity index (χ1n) is 10.5. The highest BCUT2D eigenvalue weighted by atomic mass is 35.5. The lowest BCUT2D eigenvalue weighted by molar-refractivity contribution is -0.924. The molecule has 40 heavy (non-hydrogen) atoms. The fourth-order valence-corrected chi connectivity index (χ4v) is 4.26. The van der Waals surface area contributed by atoms with Crippen molar-refractivity contribution in [2.75, 3.05) is 0 Å². The van der Waals surface area contributed by atoms with Crippen molar-refractivity contribution in [2.24, 2.45) is 5.10 Å². The maximum absolute atomic E-state index is 14.3. The summed E-state index contributed by atoms with van der Waals surface area (Å²) in [4.78, 5) is 0. The smallest absolute Gasteiger partial charge is 0.258 e. The fourth-order valence-electron chi connectivity index (χ4n) is 4.02. The molecule has 20 heteroatoms.